The van der Waals surface area contributed by atoms with Crippen molar-refractivity contribution in [1.29, 1.82) is 0 Å². The van der Waals surface area contributed by atoms with Crippen LogP contribution in [-0.2, 0) is 0 Å². The van der Waals surface area contributed by atoms with Crippen molar-refractivity contribution >= 4 is 23.9 Å². The number of aliphatic imine (C=N–C) groups is 1. The number of hydrogen-bond donors (Lipinski definition) is 1. The first-order valence-corrected chi connectivity index (χ1v) is 5.82. The summed E-state index contributed by atoms with van der Waals surface area (Å²) in [4.78, 5) is 4.41. The largest absolute Gasteiger partial charge is 0.344 e. The van der Waals surface area contributed by atoms with Gasteiger partial charge in [0, 0.05) is 18.7 Å². The third-order valence-corrected chi connectivity index (χ3v) is 3.12. The van der Waals surface area contributed by atoms with E-state index in [2.05, 4.69) is 34.6 Å². The molecular weight excluding hydrogens is 220 g/mol. The summed E-state index contributed by atoms with van der Waals surface area (Å²) in [5.41, 5.74) is 2.67. The summed E-state index contributed by atoms with van der Waals surface area (Å²) in [6, 6.07) is 8.84. The Balaban J connectivity index is 0.000000963. The maximum absolute atomic E-state index is 4.41. The Labute approximate surface area is 103 Å². The first-order valence-electron chi connectivity index (χ1n) is 5.82. The lowest BCUT2D eigenvalue weighted by Gasteiger charge is -2.06. The van der Waals surface area contributed by atoms with Gasteiger partial charge in [0.05, 0.1) is 0 Å². The molecule has 0 aromatic heterocycles. The van der Waals surface area contributed by atoms with Crippen molar-refractivity contribution in [2.75, 3.05) is 11.9 Å². The minimum Gasteiger partial charge on any atom is -0.344 e. The van der Waals surface area contributed by atoms with E-state index in [-0.39, 0.29) is 12.4 Å². The number of halogens is 1. The molecule has 1 heterocycles. The normalized spacial score (nSPS) is 18.9. The molecule has 0 saturated heterocycles. The molecule has 1 saturated carbocycles. The van der Waals surface area contributed by atoms with E-state index in [9.17, 15) is 0 Å². The molecule has 0 atom stereocenters. The molecule has 0 amide bonds. The second-order valence-electron chi connectivity index (χ2n) is 4.45. The van der Waals surface area contributed by atoms with E-state index in [1.165, 1.54) is 30.5 Å². The van der Waals surface area contributed by atoms with Crippen LogP contribution in [0.2, 0.25) is 0 Å². The summed E-state index contributed by atoms with van der Waals surface area (Å²) in [7, 11) is 0. The molecule has 3 heteroatoms. The number of benzene rings is 1. The predicted octanol–water partition coefficient (Wildman–Crippen LogP) is 3.59. The van der Waals surface area contributed by atoms with Gasteiger partial charge < -0.3 is 5.32 Å². The maximum atomic E-state index is 4.41. The molecule has 0 radical (unpaired) electrons. The monoisotopic (exact) mass is 236 g/mol. The quantitative estimate of drug-likeness (QED) is 0.834. The van der Waals surface area contributed by atoms with Crippen molar-refractivity contribution in [3.8, 4) is 0 Å². The van der Waals surface area contributed by atoms with Crippen LogP contribution in [0.25, 0.3) is 0 Å². The standard InChI is InChI=1S/C13H16N2.ClH/c1-2-13(14-9-1)15-12-7-5-11(6-8-12)10-3-4-10;/h5-8,10H,1-4,9H2,(H,14,15);1H. The van der Waals surface area contributed by atoms with E-state index in [0.717, 1.165) is 24.7 Å². The van der Waals surface area contributed by atoms with Crippen LogP contribution in [-0.4, -0.2) is 12.4 Å². The molecule has 1 fully saturated rings. The molecule has 3 rings (SSSR count). The van der Waals surface area contributed by atoms with E-state index in [1.54, 1.807) is 0 Å². The Kier molecular flexibility index (Phi) is 3.49. The molecule has 0 bridgehead atoms. The molecule has 2 aliphatic rings. The van der Waals surface area contributed by atoms with Gasteiger partial charge in [-0.25, -0.2) is 0 Å². The lowest BCUT2D eigenvalue weighted by atomic mass is 10.1. The minimum absolute atomic E-state index is 0. The summed E-state index contributed by atoms with van der Waals surface area (Å²) in [5, 5.41) is 3.38. The molecule has 2 nitrogen and oxygen atoms in total. The zero-order valence-electron chi connectivity index (χ0n) is 9.28. The van der Waals surface area contributed by atoms with Gasteiger partial charge in [0.25, 0.3) is 0 Å². The number of hydrogen-bond acceptors (Lipinski definition) is 2. The Morgan fingerprint density at radius 3 is 2.44 bits per heavy atom. The van der Waals surface area contributed by atoms with Gasteiger partial charge in [-0.2, -0.15) is 0 Å². The molecule has 16 heavy (non-hydrogen) atoms. The molecule has 1 N–H and O–H groups in total. The number of nitrogens with one attached hydrogen (secondary N) is 1. The molecule has 86 valence electrons. The number of rotatable bonds is 2. The maximum Gasteiger partial charge on any atom is 0.101 e. The van der Waals surface area contributed by atoms with Crippen molar-refractivity contribution < 1.29 is 0 Å². The minimum atomic E-state index is 0. The van der Waals surface area contributed by atoms with Crippen molar-refractivity contribution in [1.82, 2.24) is 0 Å². The van der Waals surface area contributed by atoms with E-state index in [1.807, 2.05) is 0 Å². The first-order chi connectivity index (χ1) is 7.42. The van der Waals surface area contributed by atoms with Gasteiger partial charge in [-0.3, -0.25) is 4.99 Å². The third kappa shape index (κ3) is 2.56. The molecule has 1 aliphatic heterocycles. The summed E-state index contributed by atoms with van der Waals surface area (Å²) in [6.45, 7) is 0.989. The zero-order chi connectivity index (χ0) is 10.1. The summed E-state index contributed by atoms with van der Waals surface area (Å²) in [6.07, 6.45) is 5.05. The molecule has 1 aromatic carbocycles. The Hall–Kier alpha value is -1.02. The van der Waals surface area contributed by atoms with Crippen LogP contribution in [0.1, 0.15) is 37.2 Å². The Morgan fingerprint density at radius 2 is 1.88 bits per heavy atom. The average molecular weight is 237 g/mol. The zero-order valence-corrected chi connectivity index (χ0v) is 10.1. The van der Waals surface area contributed by atoms with Crippen molar-refractivity contribution in [2.24, 2.45) is 4.99 Å². The van der Waals surface area contributed by atoms with E-state index in [4.69, 9.17) is 0 Å². The van der Waals surface area contributed by atoms with Crippen LogP contribution >= 0.6 is 12.4 Å². The summed E-state index contributed by atoms with van der Waals surface area (Å²) < 4.78 is 0. The average Bonchev–Trinajstić information content (AvgIpc) is 2.99. The second kappa shape index (κ2) is 4.88. The predicted molar refractivity (Wildman–Crippen MR) is 70.8 cm³/mol. The molecule has 0 unspecified atom stereocenters. The highest BCUT2D eigenvalue weighted by Crippen LogP contribution is 2.40. The SMILES string of the molecule is Cl.c1cc(C2CC2)ccc1NC1=NCCC1. The van der Waals surface area contributed by atoms with E-state index < -0.39 is 0 Å². The summed E-state index contributed by atoms with van der Waals surface area (Å²) in [5.74, 6) is 2.00. The number of anilines is 1. The first kappa shape index (κ1) is 11.5. The van der Waals surface area contributed by atoms with Gasteiger partial charge in [0.15, 0.2) is 0 Å². The fourth-order valence-corrected chi connectivity index (χ4v) is 2.06. The number of amidine groups is 1. The van der Waals surface area contributed by atoms with E-state index >= 15 is 0 Å². The van der Waals surface area contributed by atoms with Gasteiger partial charge >= 0.3 is 0 Å². The van der Waals surface area contributed by atoms with Crippen molar-refractivity contribution in [3.63, 3.8) is 0 Å². The van der Waals surface area contributed by atoms with Crippen LogP contribution in [0, 0.1) is 0 Å². The Bertz CT molecular complexity index is 379. The lowest BCUT2D eigenvalue weighted by Crippen LogP contribution is -2.07. The van der Waals surface area contributed by atoms with Crippen molar-refractivity contribution in [2.45, 2.75) is 31.6 Å². The third-order valence-electron chi connectivity index (χ3n) is 3.12. The highest BCUT2D eigenvalue weighted by atomic mass is 35.5. The van der Waals surface area contributed by atoms with Gasteiger partial charge in [0.1, 0.15) is 5.84 Å². The van der Waals surface area contributed by atoms with Crippen LogP contribution in [0.15, 0.2) is 29.3 Å². The summed E-state index contributed by atoms with van der Waals surface area (Å²) >= 11 is 0. The fourth-order valence-electron chi connectivity index (χ4n) is 2.06. The van der Waals surface area contributed by atoms with Crippen molar-refractivity contribution in [3.05, 3.63) is 29.8 Å². The lowest BCUT2D eigenvalue weighted by molar-refractivity contribution is 0.951. The van der Waals surface area contributed by atoms with E-state index in [0.29, 0.717) is 0 Å². The van der Waals surface area contributed by atoms with Crippen LogP contribution in [0.5, 0.6) is 0 Å². The Morgan fingerprint density at radius 1 is 1.12 bits per heavy atom. The van der Waals surface area contributed by atoms with Crippen LogP contribution in [0.4, 0.5) is 5.69 Å². The molecular formula is C13H17ClN2. The topological polar surface area (TPSA) is 24.4 Å². The second-order valence-corrected chi connectivity index (χ2v) is 4.45. The smallest absolute Gasteiger partial charge is 0.101 e. The van der Waals surface area contributed by atoms with Gasteiger partial charge in [-0.15, -0.1) is 12.4 Å². The van der Waals surface area contributed by atoms with Gasteiger partial charge in [-0.05, 0) is 42.9 Å². The molecule has 1 aliphatic carbocycles. The van der Waals surface area contributed by atoms with Gasteiger partial charge in [0.2, 0.25) is 0 Å². The van der Waals surface area contributed by atoms with Crippen LogP contribution < -0.4 is 5.32 Å². The highest BCUT2D eigenvalue weighted by Gasteiger charge is 2.22. The van der Waals surface area contributed by atoms with Crippen LogP contribution in [0.3, 0.4) is 0 Å². The highest BCUT2D eigenvalue weighted by molar-refractivity contribution is 5.96. The fraction of sp³-hybridized carbons (Fsp3) is 0.462. The number of nitrogens with zero attached hydrogens (tertiary/aromatic N) is 1. The van der Waals surface area contributed by atoms with Gasteiger partial charge in [-0.1, -0.05) is 12.1 Å². The molecule has 0 spiro atoms. The molecule has 1 aromatic rings.